The topological polar surface area (TPSA) is 68.2 Å². The van der Waals surface area contributed by atoms with Crippen LogP contribution in [-0.2, 0) is 4.79 Å². The number of rotatable bonds is 7. The third-order valence-electron chi connectivity index (χ3n) is 3.39. The number of anilines is 1. The van der Waals surface area contributed by atoms with Gasteiger partial charge in [0.15, 0.2) is 0 Å². The van der Waals surface area contributed by atoms with Crippen LogP contribution in [0.3, 0.4) is 0 Å². The molecule has 22 heavy (non-hydrogen) atoms. The molecule has 0 saturated heterocycles. The number of hydrogen-bond donors (Lipinski definition) is 2. The van der Waals surface area contributed by atoms with Gasteiger partial charge in [0.25, 0.3) is 5.91 Å². The lowest BCUT2D eigenvalue weighted by Crippen LogP contribution is -2.20. The number of aryl methyl sites for hydroxylation is 1. The second-order valence-electron chi connectivity index (χ2n) is 5.48. The van der Waals surface area contributed by atoms with Crippen molar-refractivity contribution in [3.63, 3.8) is 0 Å². The van der Waals surface area contributed by atoms with Crippen LogP contribution in [0, 0.1) is 25.2 Å². The van der Waals surface area contributed by atoms with Crippen molar-refractivity contribution in [1.82, 2.24) is 10.2 Å². The van der Waals surface area contributed by atoms with Gasteiger partial charge >= 0.3 is 0 Å². The van der Waals surface area contributed by atoms with Gasteiger partial charge in [-0.1, -0.05) is 12.1 Å². The molecule has 1 aromatic rings. The van der Waals surface area contributed by atoms with E-state index in [1.165, 1.54) is 6.20 Å². The van der Waals surface area contributed by atoms with Crippen molar-refractivity contribution >= 4 is 11.6 Å². The fraction of sp³-hybridized carbons (Fsp3) is 0.412. The van der Waals surface area contributed by atoms with Gasteiger partial charge in [-0.05, 0) is 58.1 Å². The molecule has 5 nitrogen and oxygen atoms in total. The van der Waals surface area contributed by atoms with Crippen LogP contribution in [0.4, 0.5) is 5.69 Å². The maximum absolute atomic E-state index is 12.1. The van der Waals surface area contributed by atoms with E-state index in [4.69, 9.17) is 5.26 Å². The Balaban J connectivity index is 2.61. The van der Waals surface area contributed by atoms with E-state index in [2.05, 4.69) is 15.5 Å². The van der Waals surface area contributed by atoms with E-state index in [0.717, 1.165) is 36.3 Å². The number of carbonyl (C=O) groups excluding carboxylic acids is 1. The molecule has 0 radical (unpaired) electrons. The van der Waals surface area contributed by atoms with Crippen molar-refractivity contribution < 1.29 is 4.79 Å². The average Bonchev–Trinajstić information content (AvgIpc) is 2.47. The number of amides is 1. The smallest absolute Gasteiger partial charge is 0.267 e. The van der Waals surface area contributed by atoms with Crippen molar-refractivity contribution in [2.75, 3.05) is 32.5 Å². The molecule has 0 spiro atoms. The Labute approximate surface area is 132 Å². The molecule has 0 fully saturated rings. The van der Waals surface area contributed by atoms with Gasteiger partial charge < -0.3 is 15.5 Å². The highest BCUT2D eigenvalue weighted by atomic mass is 16.1. The minimum absolute atomic E-state index is 0.0748. The molecule has 0 unspecified atom stereocenters. The van der Waals surface area contributed by atoms with Crippen LogP contribution in [0.15, 0.2) is 30.0 Å². The Bertz CT molecular complexity index is 585. The van der Waals surface area contributed by atoms with Crippen molar-refractivity contribution in [3.8, 4) is 6.07 Å². The van der Waals surface area contributed by atoms with Gasteiger partial charge in [0, 0.05) is 18.4 Å². The van der Waals surface area contributed by atoms with Crippen molar-refractivity contribution in [2.24, 2.45) is 0 Å². The highest BCUT2D eigenvalue weighted by Crippen LogP contribution is 2.18. The Morgan fingerprint density at radius 3 is 2.73 bits per heavy atom. The maximum Gasteiger partial charge on any atom is 0.267 e. The number of nitrogens with zero attached hydrogens (tertiary/aromatic N) is 2. The number of hydrogen-bond acceptors (Lipinski definition) is 4. The Kier molecular flexibility index (Phi) is 7.14. The first-order valence-corrected chi connectivity index (χ1v) is 7.31. The minimum Gasteiger partial charge on any atom is -0.390 e. The minimum atomic E-state index is -0.392. The van der Waals surface area contributed by atoms with Crippen molar-refractivity contribution in [2.45, 2.75) is 20.3 Å². The second kappa shape index (κ2) is 8.85. The summed E-state index contributed by atoms with van der Waals surface area (Å²) in [5.41, 5.74) is 2.92. The molecule has 2 N–H and O–H groups in total. The zero-order valence-electron chi connectivity index (χ0n) is 13.7. The number of carbonyl (C=O) groups is 1. The largest absolute Gasteiger partial charge is 0.390 e. The van der Waals surface area contributed by atoms with E-state index in [-0.39, 0.29) is 5.57 Å². The molecule has 0 atom stereocenters. The molecule has 1 rings (SSSR count). The molecular weight excluding hydrogens is 276 g/mol. The summed E-state index contributed by atoms with van der Waals surface area (Å²) in [6, 6.07) is 7.63. The number of nitriles is 1. The number of nitrogens with one attached hydrogen (secondary N) is 2. The van der Waals surface area contributed by atoms with Gasteiger partial charge in [-0.15, -0.1) is 0 Å². The summed E-state index contributed by atoms with van der Waals surface area (Å²) in [5, 5.41) is 14.9. The van der Waals surface area contributed by atoms with Gasteiger partial charge in [0.05, 0.1) is 0 Å². The van der Waals surface area contributed by atoms with E-state index in [0.29, 0.717) is 0 Å². The molecule has 0 heterocycles. The summed E-state index contributed by atoms with van der Waals surface area (Å²) >= 11 is 0. The predicted octanol–water partition coefficient (Wildman–Crippen LogP) is 2.19. The van der Waals surface area contributed by atoms with Crippen LogP contribution < -0.4 is 10.6 Å². The van der Waals surface area contributed by atoms with Gasteiger partial charge in [0.1, 0.15) is 11.6 Å². The van der Waals surface area contributed by atoms with E-state index in [9.17, 15) is 4.79 Å². The standard InChI is InChI=1S/C17H24N4O/c1-13-7-5-8-16(14(13)2)20-17(22)15(11-18)12-19-9-6-10-21(3)4/h5,7-8,12,19H,6,9-10H2,1-4H3,(H,20,22)/b15-12-. The highest BCUT2D eigenvalue weighted by Gasteiger charge is 2.10. The quantitative estimate of drug-likeness (QED) is 0.460. The molecular formula is C17H24N4O. The van der Waals surface area contributed by atoms with Crippen LogP contribution in [0.5, 0.6) is 0 Å². The zero-order chi connectivity index (χ0) is 16.5. The van der Waals surface area contributed by atoms with Crippen LogP contribution in [0.25, 0.3) is 0 Å². The van der Waals surface area contributed by atoms with E-state index >= 15 is 0 Å². The summed E-state index contributed by atoms with van der Waals surface area (Å²) in [5.74, 6) is -0.392. The second-order valence-corrected chi connectivity index (χ2v) is 5.48. The lowest BCUT2D eigenvalue weighted by Gasteiger charge is -2.10. The molecule has 1 aromatic carbocycles. The zero-order valence-corrected chi connectivity index (χ0v) is 13.7. The SMILES string of the molecule is Cc1cccc(NC(=O)/C(C#N)=C\NCCCN(C)C)c1C. The number of benzene rings is 1. The third-order valence-corrected chi connectivity index (χ3v) is 3.39. The molecule has 0 aliphatic heterocycles. The third kappa shape index (κ3) is 5.58. The van der Waals surface area contributed by atoms with Crippen LogP contribution >= 0.6 is 0 Å². The lowest BCUT2D eigenvalue weighted by atomic mass is 10.1. The monoisotopic (exact) mass is 300 g/mol. The fourth-order valence-corrected chi connectivity index (χ4v) is 1.90. The van der Waals surface area contributed by atoms with Gasteiger partial charge in [-0.3, -0.25) is 4.79 Å². The predicted molar refractivity (Wildman–Crippen MR) is 89.4 cm³/mol. The molecule has 0 bridgehead atoms. The van der Waals surface area contributed by atoms with Gasteiger partial charge in [-0.2, -0.15) is 5.26 Å². The lowest BCUT2D eigenvalue weighted by molar-refractivity contribution is -0.112. The fourth-order valence-electron chi connectivity index (χ4n) is 1.90. The van der Waals surface area contributed by atoms with E-state index < -0.39 is 5.91 Å². The summed E-state index contributed by atoms with van der Waals surface area (Å²) < 4.78 is 0. The van der Waals surface area contributed by atoms with Crippen molar-refractivity contribution in [1.29, 1.82) is 5.26 Å². The van der Waals surface area contributed by atoms with Crippen LogP contribution in [0.2, 0.25) is 0 Å². The first-order chi connectivity index (χ1) is 10.5. The molecule has 0 saturated carbocycles. The summed E-state index contributed by atoms with van der Waals surface area (Å²) in [6.45, 7) is 5.61. The first kappa shape index (κ1) is 17.7. The Morgan fingerprint density at radius 2 is 2.09 bits per heavy atom. The summed E-state index contributed by atoms with van der Waals surface area (Å²) in [7, 11) is 4.02. The molecule has 0 aliphatic carbocycles. The van der Waals surface area contributed by atoms with Crippen LogP contribution in [-0.4, -0.2) is 38.0 Å². The van der Waals surface area contributed by atoms with Gasteiger partial charge in [-0.25, -0.2) is 0 Å². The molecule has 5 heteroatoms. The van der Waals surface area contributed by atoms with Crippen LogP contribution in [0.1, 0.15) is 17.5 Å². The normalized spacial score (nSPS) is 11.2. The molecule has 1 amide bonds. The van der Waals surface area contributed by atoms with Crippen molar-refractivity contribution in [3.05, 3.63) is 41.1 Å². The Morgan fingerprint density at radius 1 is 1.36 bits per heavy atom. The van der Waals surface area contributed by atoms with Gasteiger partial charge in [0.2, 0.25) is 0 Å². The molecule has 0 aliphatic rings. The first-order valence-electron chi connectivity index (χ1n) is 7.31. The Hall–Kier alpha value is -2.32. The van der Waals surface area contributed by atoms with E-state index in [1.54, 1.807) is 0 Å². The average molecular weight is 300 g/mol. The maximum atomic E-state index is 12.1. The molecule has 118 valence electrons. The van der Waals surface area contributed by atoms with E-state index in [1.807, 2.05) is 52.2 Å². The molecule has 0 aromatic heterocycles. The summed E-state index contributed by atoms with van der Waals surface area (Å²) in [6.07, 6.45) is 2.43. The summed E-state index contributed by atoms with van der Waals surface area (Å²) in [4.78, 5) is 14.2. The highest BCUT2D eigenvalue weighted by molar-refractivity contribution is 6.06.